The minimum absolute atomic E-state index is 0.133. The molecule has 0 unspecified atom stereocenters. The third kappa shape index (κ3) is 3.09. The smallest absolute Gasteiger partial charge is 0.271 e. The van der Waals surface area contributed by atoms with Gasteiger partial charge < -0.3 is 5.32 Å². The van der Waals surface area contributed by atoms with Crippen molar-refractivity contribution in [2.45, 2.75) is 20.4 Å². The van der Waals surface area contributed by atoms with Crippen molar-refractivity contribution in [3.63, 3.8) is 0 Å². The van der Waals surface area contributed by atoms with Crippen LogP contribution in [0, 0.1) is 13.8 Å². The first kappa shape index (κ1) is 13.1. The lowest BCUT2D eigenvalue weighted by atomic mass is 10.2. The Labute approximate surface area is 115 Å². The number of amides is 1. The van der Waals surface area contributed by atoms with Crippen molar-refractivity contribution in [3.05, 3.63) is 50.4 Å². The van der Waals surface area contributed by atoms with Gasteiger partial charge in [-0.1, -0.05) is 23.7 Å². The van der Waals surface area contributed by atoms with Crippen molar-refractivity contribution < 1.29 is 4.79 Å². The van der Waals surface area contributed by atoms with E-state index in [9.17, 15) is 4.79 Å². The summed E-state index contributed by atoms with van der Waals surface area (Å²) < 4.78 is 0. The summed E-state index contributed by atoms with van der Waals surface area (Å²) in [7, 11) is 0. The van der Waals surface area contributed by atoms with E-state index in [2.05, 4.69) is 10.3 Å². The molecular formula is C13H13ClN2OS. The van der Waals surface area contributed by atoms with Crippen LogP contribution in [0.25, 0.3) is 0 Å². The van der Waals surface area contributed by atoms with Crippen molar-refractivity contribution in [1.29, 1.82) is 0 Å². The molecule has 18 heavy (non-hydrogen) atoms. The summed E-state index contributed by atoms with van der Waals surface area (Å²) >= 11 is 7.33. The number of halogens is 1. The van der Waals surface area contributed by atoms with Crippen LogP contribution in [0.15, 0.2) is 24.3 Å². The van der Waals surface area contributed by atoms with Gasteiger partial charge in [0.05, 0.1) is 5.01 Å². The minimum atomic E-state index is -0.133. The average molecular weight is 281 g/mol. The molecule has 1 amide bonds. The Morgan fingerprint density at radius 2 is 2.00 bits per heavy atom. The van der Waals surface area contributed by atoms with Gasteiger partial charge in [0, 0.05) is 16.4 Å². The van der Waals surface area contributed by atoms with Gasteiger partial charge in [-0.2, -0.15) is 0 Å². The van der Waals surface area contributed by atoms with Gasteiger partial charge in [-0.05, 0) is 31.5 Å². The van der Waals surface area contributed by atoms with Crippen molar-refractivity contribution in [2.24, 2.45) is 0 Å². The fourth-order valence-corrected chi connectivity index (χ4v) is 2.55. The first-order chi connectivity index (χ1) is 8.56. The fraction of sp³-hybridized carbons (Fsp3) is 0.231. The van der Waals surface area contributed by atoms with E-state index in [0.29, 0.717) is 17.3 Å². The van der Waals surface area contributed by atoms with Crippen LogP contribution in [-0.2, 0) is 6.54 Å². The molecule has 0 spiro atoms. The Morgan fingerprint density at radius 1 is 1.33 bits per heavy atom. The third-order valence-electron chi connectivity index (χ3n) is 2.48. The maximum atomic E-state index is 11.9. The number of carbonyl (C=O) groups excluding carboxylic acids is 1. The zero-order chi connectivity index (χ0) is 13.1. The minimum Gasteiger partial charge on any atom is -0.347 e. The van der Waals surface area contributed by atoms with E-state index >= 15 is 0 Å². The van der Waals surface area contributed by atoms with Gasteiger partial charge in [0.15, 0.2) is 0 Å². The zero-order valence-electron chi connectivity index (χ0n) is 10.2. The molecule has 0 saturated carbocycles. The molecule has 0 aliphatic rings. The van der Waals surface area contributed by atoms with E-state index in [4.69, 9.17) is 11.6 Å². The molecule has 0 atom stereocenters. The number of nitrogens with one attached hydrogen (secondary N) is 1. The lowest BCUT2D eigenvalue weighted by Crippen LogP contribution is -2.23. The predicted octanol–water partition coefficient (Wildman–Crippen LogP) is 3.34. The van der Waals surface area contributed by atoms with Gasteiger partial charge in [-0.25, -0.2) is 4.98 Å². The highest BCUT2D eigenvalue weighted by Gasteiger charge is 2.13. The lowest BCUT2D eigenvalue weighted by molar-refractivity contribution is 0.0946. The number of aryl methyl sites for hydroxylation is 2. The molecule has 3 nitrogen and oxygen atoms in total. The highest BCUT2D eigenvalue weighted by atomic mass is 35.5. The number of rotatable bonds is 3. The molecular weight excluding hydrogens is 268 g/mol. The highest BCUT2D eigenvalue weighted by Crippen LogP contribution is 2.16. The number of nitrogens with zero attached hydrogens (tertiary/aromatic N) is 1. The maximum absolute atomic E-state index is 11.9. The van der Waals surface area contributed by atoms with Gasteiger partial charge in [0.1, 0.15) is 5.69 Å². The van der Waals surface area contributed by atoms with E-state index in [1.54, 1.807) is 12.1 Å². The van der Waals surface area contributed by atoms with E-state index in [1.807, 2.05) is 26.0 Å². The summed E-state index contributed by atoms with van der Waals surface area (Å²) in [4.78, 5) is 17.1. The quantitative estimate of drug-likeness (QED) is 0.937. The molecule has 1 aromatic heterocycles. The summed E-state index contributed by atoms with van der Waals surface area (Å²) in [5.41, 5.74) is 1.53. The largest absolute Gasteiger partial charge is 0.347 e. The van der Waals surface area contributed by atoms with Gasteiger partial charge in [0.25, 0.3) is 5.91 Å². The lowest BCUT2D eigenvalue weighted by Gasteiger charge is -2.04. The molecule has 0 aliphatic carbocycles. The standard InChI is InChI=1S/C13H13ClN2OS/c1-8-12(16-9(2)18-8)13(17)15-7-10-3-5-11(14)6-4-10/h3-6H,7H2,1-2H3,(H,15,17). The second-order valence-corrected chi connectivity index (χ2v) is 5.79. The summed E-state index contributed by atoms with van der Waals surface area (Å²) in [6.45, 7) is 4.28. The number of hydrogen-bond acceptors (Lipinski definition) is 3. The first-order valence-corrected chi connectivity index (χ1v) is 6.72. The molecule has 1 aromatic carbocycles. The van der Waals surface area contributed by atoms with Crippen LogP contribution >= 0.6 is 22.9 Å². The molecule has 94 valence electrons. The van der Waals surface area contributed by atoms with Crippen LogP contribution in [-0.4, -0.2) is 10.9 Å². The molecule has 2 aromatic rings. The Morgan fingerprint density at radius 3 is 2.56 bits per heavy atom. The number of carbonyl (C=O) groups is 1. The van der Waals surface area contributed by atoms with Crippen molar-refractivity contribution >= 4 is 28.8 Å². The van der Waals surface area contributed by atoms with Crippen LogP contribution in [0.3, 0.4) is 0 Å². The fourth-order valence-electron chi connectivity index (χ4n) is 1.61. The van der Waals surface area contributed by atoms with Gasteiger partial charge in [-0.3, -0.25) is 4.79 Å². The number of benzene rings is 1. The Bertz CT molecular complexity index is 563. The van der Waals surface area contributed by atoms with Gasteiger partial charge >= 0.3 is 0 Å². The molecule has 0 saturated heterocycles. The maximum Gasteiger partial charge on any atom is 0.271 e. The second kappa shape index (κ2) is 5.50. The normalized spacial score (nSPS) is 10.4. The zero-order valence-corrected chi connectivity index (χ0v) is 11.7. The Balaban J connectivity index is 2.00. The molecule has 1 N–H and O–H groups in total. The second-order valence-electron chi connectivity index (χ2n) is 3.95. The SMILES string of the molecule is Cc1nc(C(=O)NCc2ccc(Cl)cc2)c(C)s1. The molecule has 5 heteroatoms. The summed E-state index contributed by atoms with van der Waals surface area (Å²) in [6.07, 6.45) is 0. The molecule has 0 fully saturated rings. The van der Waals surface area contributed by atoms with Gasteiger partial charge in [0.2, 0.25) is 0 Å². The number of aromatic nitrogens is 1. The average Bonchev–Trinajstić information content (AvgIpc) is 2.67. The summed E-state index contributed by atoms with van der Waals surface area (Å²) in [6, 6.07) is 7.39. The van der Waals surface area contributed by atoms with E-state index in [1.165, 1.54) is 11.3 Å². The third-order valence-corrected chi connectivity index (χ3v) is 3.62. The molecule has 0 bridgehead atoms. The number of thiazole rings is 1. The van der Waals surface area contributed by atoms with Crippen LogP contribution in [0.1, 0.15) is 25.9 Å². The van der Waals surface area contributed by atoms with Crippen molar-refractivity contribution in [3.8, 4) is 0 Å². The highest BCUT2D eigenvalue weighted by molar-refractivity contribution is 7.11. The molecule has 0 radical (unpaired) electrons. The van der Waals surface area contributed by atoms with E-state index in [-0.39, 0.29) is 5.91 Å². The van der Waals surface area contributed by atoms with Crippen LogP contribution in [0.2, 0.25) is 5.02 Å². The Hall–Kier alpha value is -1.39. The molecule has 2 rings (SSSR count). The number of hydrogen-bond donors (Lipinski definition) is 1. The van der Waals surface area contributed by atoms with Crippen LogP contribution in [0.5, 0.6) is 0 Å². The summed E-state index contributed by atoms with van der Waals surface area (Å²) in [5.74, 6) is -0.133. The Kier molecular flexibility index (Phi) is 3.99. The first-order valence-electron chi connectivity index (χ1n) is 5.53. The van der Waals surface area contributed by atoms with Crippen molar-refractivity contribution in [1.82, 2.24) is 10.3 Å². The summed E-state index contributed by atoms with van der Waals surface area (Å²) in [5, 5.41) is 4.45. The molecule has 1 heterocycles. The van der Waals surface area contributed by atoms with E-state index < -0.39 is 0 Å². The molecule has 0 aliphatic heterocycles. The van der Waals surface area contributed by atoms with Crippen molar-refractivity contribution in [2.75, 3.05) is 0 Å². The monoisotopic (exact) mass is 280 g/mol. The topological polar surface area (TPSA) is 42.0 Å². The predicted molar refractivity (Wildman–Crippen MR) is 74.2 cm³/mol. The van der Waals surface area contributed by atoms with Gasteiger partial charge in [-0.15, -0.1) is 11.3 Å². The van der Waals surface area contributed by atoms with E-state index in [0.717, 1.165) is 15.4 Å². The van der Waals surface area contributed by atoms with Crippen LogP contribution in [0.4, 0.5) is 0 Å². The van der Waals surface area contributed by atoms with Crippen LogP contribution < -0.4 is 5.32 Å².